The van der Waals surface area contributed by atoms with Crippen molar-refractivity contribution < 1.29 is 15.0 Å². The van der Waals surface area contributed by atoms with Crippen molar-refractivity contribution in [2.45, 2.75) is 45.7 Å². The van der Waals surface area contributed by atoms with E-state index in [0.717, 1.165) is 18.4 Å². The summed E-state index contributed by atoms with van der Waals surface area (Å²) in [5.74, 6) is -0.296. The largest absolute Gasteiger partial charge is 0.478 e. The fraction of sp³-hybridized carbons (Fsp3) is 0.348. The lowest BCUT2D eigenvalue weighted by molar-refractivity contribution is 0.0699. The Kier molecular flexibility index (Phi) is 6.36. The van der Waals surface area contributed by atoms with Gasteiger partial charge in [-0.05, 0) is 37.5 Å². The Balaban J connectivity index is 1.83. The lowest BCUT2D eigenvalue weighted by atomic mass is 10.0. The number of nitrogens with one attached hydrogen (secondary N) is 1. The van der Waals surface area contributed by atoms with E-state index in [1.54, 1.807) is 35.1 Å². The number of aliphatic hydroxyl groups is 1. The third-order valence-electron chi connectivity index (χ3n) is 5.63. The van der Waals surface area contributed by atoms with Crippen molar-refractivity contribution in [1.29, 1.82) is 0 Å². The molecule has 1 atom stereocenters. The lowest BCUT2D eigenvalue weighted by Gasteiger charge is -2.19. The molecule has 0 aliphatic carbocycles. The van der Waals surface area contributed by atoms with Crippen molar-refractivity contribution in [3.05, 3.63) is 47.3 Å². The number of hydrogen-bond donors (Lipinski definition) is 4. The molecule has 3 aromatic heterocycles. The van der Waals surface area contributed by atoms with E-state index in [-0.39, 0.29) is 24.2 Å². The predicted octanol–water partition coefficient (Wildman–Crippen LogP) is 2.97. The molecule has 1 unspecified atom stereocenters. The van der Waals surface area contributed by atoms with Gasteiger partial charge in [0.05, 0.1) is 23.3 Å². The molecule has 10 heteroatoms. The van der Waals surface area contributed by atoms with Gasteiger partial charge in [0.1, 0.15) is 11.0 Å². The summed E-state index contributed by atoms with van der Waals surface area (Å²) in [6.07, 6.45) is 4.04. The summed E-state index contributed by atoms with van der Waals surface area (Å²) < 4.78 is 1.79. The first-order chi connectivity index (χ1) is 15.9. The van der Waals surface area contributed by atoms with Crippen molar-refractivity contribution in [3.63, 3.8) is 0 Å². The molecule has 0 saturated heterocycles. The molecule has 0 bridgehead atoms. The van der Waals surface area contributed by atoms with Crippen LogP contribution >= 0.6 is 0 Å². The Morgan fingerprint density at radius 1 is 1.21 bits per heavy atom. The number of carbonyl (C=O) groups is 1. The highest BCUT2D eigenvalue weighted by molar-refractivity contribution is 6.03. The second kappa shape index (κ2) is 9.37. The molecule has 0 aliphatic heterocycles. The monoisotopic (exact) mass is 449 g/mol. The number of aromatic nitrogens is 5. The first-order valence-corrected chi connectivity index (χ1v) is 10.9. The van der Waals surface area contributed by atoms with Crippen molar-refractivity contribution >= 4 is 39.7 Å². The normalized spacial score (nSPS) is 12.3. The maximum absolute atomic E-state index is 11.6. The van der Waals surface area contributed by atoms with Gasteiger partial charge in [0.25, 0.3) is 0 Å². The molecule has 4 aromatic rings. The molecule has 3 heterocycles. The number of hydrogen-bond acceptors (Lipinski definition) is 8. The van der Waals surface area contributed by atoms with Crippen LogP contribution in [0.5, 0.6) is 0 Å². The highest BCUT2D eigenvalue weighted by atomic mass is 16.4. The fourth-order valence-electron chi connectivity index (χ4n) is 4.16. The molecular formula is C23H27N7O3. The molecule has 0 saturated carbocycles. The molecule has 10 nitrogen and oxygen atoms in total. The summed E-state index contributed by atoms with van der Waals surface area (Å²) >= 11 is 0. The van der Waals surface area contributed by atoms with Crippen LogP contribution in [0, 0.1) is 6.92 Å². The van der Waals surface area contributed by atoms with Crippen LogP contribution in [0.15, 0.2) is 30.5 Å². The summed E-state index contributed by atoms with van der Waals surface area (Å²) in [6, 6.07) is 6.85. The van der Waals surface area contributed by atoms with Gasteiger partial charge in [0, 0.05) is 24.2 Å². The molecule has 0 radical (unpaired) electrons. The summed E-state index contributed by atoms with van der Waals surface area (Å²) in [6.45, 7) is 4.35. The SMILES string of the molecule is CCCC(CCO)Nc1nc(N)nc2c(C)nn(Cc3ccc(C(=O)O)c4cccnc34)c12. The van der Waals surface area contributed by atoms with Crippen LogP contribution < -0.4 is 11.1 Å². The Labute approximate surface area is 190 Å². The maximum atomic E-state index is 11.6. The minimum absolute atomic E-state index is 0.0264. The second-order valence-corrected chi connectivity index (χ2v) is 7.99. The zero-order chi connectivity index (χ0) is 23.5. The number of aryl methyl sites for hydroxylation is 1. The van der Waals surface area contributed by atoms with E-state index >= 15 is 0 Å². The number of pyridine rings is 1. The van der Waals surface area contributed by atoms with Crippen LogP contribution in [0.4, 0.5) is 11.8 Å². The van der Waals surface area contributed by atoms with Gasteiger partial charge in [0.2, 0.25) is 5.95 Å². The number of aromatic carboxylic acids is 1. The molecule has 1 aromatic carbocycles. The van der Waals surface area contributed by atoms with E-state index in [4.69, 9.17) is 5.73 Å². The quantitative estimate of drug-likeness (QED) is 0.302. The van der Waals surface area contributed by atoms with Crippen molar-refractivity contribution in [2.75, 3.05) is 17.7 Å². The van der Waals surface area contributed by atoms with Crippen LogP contribution in [-0.2, 0) is 6.54 Å². The number of carboxylic acids is 1. The van der Waals surface area contributed by atoms with Crippen LogP contribution in [0.25, 0.3) is 21.9 Å². The number of nitrogen functional groups attached to an aromatic ring is 1. The van der Waals surface area contributed by atoms with Crippen LogP contribution in [0.2, 0.25) is 0 Å². The molecule has 33 heavy (non-hydrogen) atoms. The Bertz CT molecular complexity index is 1310. The number of rotatable bonds is 9. The molecule has 172 valence electrons. The van der Waals surface area contributed by atoms with Gasteiger partial charge >= 0.3 is 5.97 Å². The molecule has 4 rings (SSSR count). The number of aliphatic hydroxyl groups excluding tert-OH is 1. The topological polar surface area (TPSA) is 152 Å². The van der Waals surface area contributed by atoms with Gasteiger partial charge in [-0.2, -0.15) is 10.1 Å². The molecule has 0 amide bonds. The fourth-order valence-corrected chi connectivity index (χ4v) is 4.16. The highest BCUT2D eigenvalue weighted by Crippen LogP contribution is 2.28. The van der Waals surface area contributed by atoms with Gasteiger partial charge in [-0.15, -0.1) is 0 Å². The van der Waals surface area contributed by atoms with E-state index in [2.05, 4.69) is 32.3 Å². The van der Waals surface area contributed by atoms with Gasteiger partial charge < -0.3 is 21.3 Å². The smallest absolute Gasteiger partial charge is 0.336 e. The minimum Gasteiger partial charge on any atom is -0.478 e. The minimum atomic E-state index is -0.999. The number of fused-ring (bicyclic) bond motifs is 2. The molecule has 0 aliphatic rings. The van der Waals surface area contributed by atoms with Crippen molar-refractivity contribution in [1.82, 2.24) is 24.7 Å². The van der Waals surface area contributed by atoms with Crippen LogP contribution in [-0.4, -0.2) is 53.6 Å². The van der Waals surface area contributed by atoms with Crippen molar-refractivity contribution in [2.24, 2.45) is 0 Å². The Hall–Kier alpha value is -3.79. The standard InChI is InChI=1S/C23H27N7O3/c1-3-5-15(9-11-31)26-21-20-18(27-23(24)28-21)13(2)29-30(20)12-14-7-8-17(22(32)33)16-6-4-10-25-19(14)16/h4,6-8,10,15,31H,3,5,9,11-12H2,1-2H3,(H,32,33)(H3,24,26,27,28). The third-order valence-corrected chi connectivity index (χ3v) is 5.63. The van der Waals surface area contributed by atoms with E-state index < -0.39 is 5.97 Å². The zero-order valence-electron chi connectivity index (χ0n) is 18.6. The van der Waals surface area contributed by atoms with E-state index in [1.807, 2.05) is 6.92 Å². The summed E-state index contributed by atoms with van der Waals surface area (Å²) in [5, 5.41) is 27.7. The molecule has 0 spiro atoms. The van der Waals surface area contributed by atoms with E-state index in [0.29, 0.717) is 46.4 Å². The Morgan fingerprint density at radius 2 is 2.03 bits per heavy atom. The average Bonchev–Trinajstić information content (AvgIpc) is 3.09. The first-order valence-electron chi connectivity index (χ1n) is 10.9. The number of nitrogens with zero attached hydrogens (tertiary/aromatic N) is 5. The van der Waals surface area contributed by atoms with Crippen molar-refractivity contribution in [3.8, 4) is 0 Å². The maximum Gasteiger partial charge on any atom is 0.336 e. The zero-order valence-corrected chi connectivity index (χ0v) is 18.6. The number of carboxylic acid groups (broad SMARTS) is 1. The van der Waals surface area contributed by atoms with Gasteiger partial charge in [-0.3, -0.25) is 9.67 Å². The first kappa shape index (κ1) is 22.4. The number of anilines is 2. The summed E-state index contributed by atoms with van der Waals surface area (Å²) in [5.41, 5.74) is 9.66. The molecule has 0 fully saturated rings. The lowest BCUT2D eigenvalue weighted by Crippen LogP contribution is -2.22. The van der Waals surface area contributed by atoms with Crippen LogP contribution in [0.1, 0.15) is 47.8 Å². The summed E-state index contributed by atoms with van der Waals surface area (Å²) in [4.78, 5) is 24.9. The van der Waals surface area contributed by atoms with Gasteiger partial charge in [-0.1, -0.05) is 25.5 Å². The van der Waals surface area contributed by atoms with Gasteiger partial charge in [-0.25, -0.2) is 9.78 Å². The van der Waals surface area contributed by atoms with E-state index in [9.17, 15) is 15.0 Å². The average molecular weight is 450 g/mol. The third kappa shape index (κ3) is 4.42. The molecule has 5 N–H and O–H groups in total. The highest BCUT2D eigenvalue weighted by Gasteiger charge is 2.20. The van der Waals surface area contributed by atoms with Crippen LogP contribution in [0.3, 0.4) is 0 Å². The van der Waals surface area contributed by atoms with E-state index in [1.165, 1.54) is 0 Å². The van der Waals surface area contributed by atoms with Gasteiger partial charge in [0.15, 0.2) is 5.82 Å². The number of nitrogens with two attached hydrogens (primary N) is 1. The second-order valence-electron chi connectivity index (χ2n) is 7.99. The Morgan fingerprint density at radius 3 is 2.76 bits per heavy atom. The predicted molar refractivity (Wildman–Crippen MR) is 126 cm³/mol. The molecular weight excluding hydrogens is 422 g/mol. The number of benzene rings is 1. The summed E-state index contributed by atoms with van der Waals surface area (Å²) in [7, 11) is 0.